The van der Waals surface area contributed by atoms with Crippen LogP contribution < -0.4 is 10.6 Å². The maximum absolute atomic E-state index is 6.02. The Kier molecular flexibility index (Phi) is 5.61. The molecule has 0 amide bonds. The first kappa shape index (κ1) is 18.9. The van der Waals surface area contributed by atoms with Gasteiger partial charge in [0.15, 0.2) is 5.96 Å². The van der Waals surface area contributed by atoms with E-state index in [0.717, 1.165) is 45.2 Å². The number of nitrogens with one attached hydrogen (secondary N) is 2. The molecule has 2 heterocycles. The van der Waals surface area contributed by atoms with Crippen molar-refractivity contribution in [2.75, 3.05) is 47.5 Å². The Bertz CT molecular complexity index is 486. The molecule has 0 aromatic heterocycles. The number of ether oxygens (including phenoxy) is 2. The molecule has 2 saturated heterocycles. The quantitative estimate of drug-likeness (QED) is 0.593. The van der Waals surface area contributed by atoms with Crippen LogP contribution in [0.4, 0.5) is 0 Å². The molecule has 3 fully saturated rings. The number of hydrogen-bond donors (Lipinski definition) is 2. The number of fused-ring (bicyclic) bond motifs is 1. The number of guanidine groups is 1. The summed E-state index contributed by atoms with van der Waals surface area (Å²) in [5, 5.41) is 7.29. The summed E-state index contributed by atoms with van der Waals surface area (Å²) >= 11 is 0. The van der Waals surface area contributed by atoms with Crippen molar-refractivity contribution in [3.63, 3.8) is 0 Å². The Hall–Kier alpha value is -0.850. The molecule has 0 bridgehead atoms. The lowest BCUT2D eigenvalue weighted by molar-refractivity contribution is -0.188. The lowest BCUT2D eigenvalue weighted by Gasteiger charge is -2.60. The minimum atomic E-state index is 0.140. The lowest BCUT2D eigenvalue weighted by Crippen LogP contribution is -2.71. The third-order valence-corrected chi connectivity index (χ3v) is 6.80. The van der Waals surface area contributed by atoms with E-state index in [1.54, 1.807) is 0 Å². The maximum Gasteiger partial charge on any atom is 0.191 e. The largest absolute Gasteiger partial charge is 0.381 e. The highest BCUT2D eigenvalue weighted by Gasteiger charge is 2.58. The van der Waals surface area contributed by atoms with Gasteiger partial charge in [-0.25, -0.2) is 0 Å². The van der Waals surface area contributed by atoms with Crippen LogP contribution in [-0.4, -0.2) is 76.1 Å². The molecule has 3 aliphatic rings. The number of rotatable bonds is 4. The normalized spacial score (nSPS) is 34.2. The Morgan fingerprint density at radius 3 is 2.56 bits per heavy atom. The van der Waals surface area contributed by atoms with E-state index in [1.165, 1.54) is 12.8 Å². The molecule has 3 rings (SSSR count). The van der Waals surface area contributed by atoms with Crippen molar-refractivity contribution in [2.45, 2.75) is 57.2 Å². The molecule has 0 aromatic carbocycles. The fourth-order valence-electron chi connectivity index (χ4n) is 4.94. The number of nitrogens with zero attached hydrogens (tertiary/aromatic N) is 2. The van der Waals surface area contributed by atoms with Crippen molar-refractivity contribution in [2.24, 2.45) is 16.3 Å². The zero-order valence-corrected chi connectivity index (χ0v) is 16.6. The smallest absolute Gasteiger partial charge is 0.191 e. The predicted molar refractivity (Wildman–Crippen MR) is 101 cm³/mol. The molecule has 144 valence electrons. The molecule has 3 unspecified atom stereocenters. The van der Waals surface area contributed by atoms with E-state index in [1.807, 2.05) is 7.05 Å². The first-order valence-electron chi connectivity index (χ1n) is 9.75. The van der Waals surface area contributed by atoms with Crippen LogP contribution in [0, 0.1) is 11.3 Å². The summed E-state index contributed by atoms with van der Waals surface area (Å²) in [6.45, 7) is 8.10. The number of hydrogen-bond acceptors (Lipinski definition) is 4. The molecule has 2 N–H and O–H groups in total. The Labute approximate surface area is 152 Å². The average Bonchev–Trinajstić information content (AvgIpc) is 2.62. The van der Waals surface area contributed by atoms with Crippen LogP contribution in [0.2, 0.25) is 0 Å². The highest BCUT2D eigenvalue weighted by Crippen LogP contribution is 2.51. The molecule has 0 aromatic rings. The number of aliphatic imine (C=N–C) groups is 1. The van der Waals surface area contributed by atoms with E-state index in [4.69, 9.17) is 9.47 Å². The van der Waals surface area contributed by atoms with Gasteiger partial charge in [0.05, 0.1) is 6.10 Å². The average molecular weight is 353 g/mol. The van der Waals surface area contributed by atoms with Crippen LogP contribution in [0.25, 0.3) is 0 Å². The van der Waals surface area contributed by atoms with Gasteiger partial charge in [-0.1, -0.05) is 13.8 Å². The molecule has 25 heavy (non-hydrogen) atoms. The second-order valence-electron chi connectivity index (χ2n) is 8.70. The van der Waals surface area contributed by atoms with Crippen LogP contribution in [-0.2, 0) is 9.47 Å². The Morgan fingerprint density at radius 1 is 1.20 bits per heavy atom. The predicted octanol–water partition coefficient (Wildman–Crippen LogP) is 1.47. The van der Waals surface area contributed by atoms with E-state index in [0.29, 0.717) is 18.1 Å². The van der Waals surface area contributed by atoms with Gasteiger partial charge in [-0.15, -0.1) is 0 Å². The minimum Gasteiger partial charge on any atom is -0.381 e. The SMILES string of the molecule is CN=C(NCC1(N(C)C)CCOCC1)NC1C2CCCOC2C1(C)C. The van der Waals surface area contributed by atoms with Gasteiger partial charge in [-0.2, -0.15) is 0 Å². The third-order valence-electron chi connectivity index (χ3n) is 6.80. The van der Waals surface area contributed by atoms with E-state index < -0.39 is 0 Å². The summed E-state index contributed by atoms with van der Waals surface area (Å²) < 4.78 is 11.6. The molecule has 6 heteroatoms. The van der Waals surface area contributed by atoms with Gasteiger partial charge < -0.3 is 25.0 Å². The summed E-state index contributed by atoms with van der Waals surface area (Å²) in [5.74, 6) is 1.52. The van der Waals surface area contributed by atoms with Gasteiger partial charge >= 0.3 is 0 Å². The monoisotopic (exact) mass is 352 g/mol. The lowest BCUT2D eigenvalue weighted by atomic mass is 9.55. The summed E-state index contributed by atoms with van der Waals surface area (Å²) in [6, 6.07) is 0.425. The molecule has 0 spiro atoms. The van der Waals surface area contributed by atoms with Crippen molar-refractivity contribution in [1.82, 2.24) is 15.5 Å². The van der Waals surface area contributed by atoms with Crippen molar-refractivity contribution in [1.29, 1.82) is 0 Å². The highest BCUT2D eigenvalue weighted by atomic mass is 16.5. The van der Waals surface area contributed by atoms with E-state index in [-0.39, 0.29) is 11.0 Å². The van der Waals surface area contributed by atoms with Gasteiger partial charge in [-0.05, 0) is 39.8 Å². The van der Waals surface area contributed by atoms with Crippen LogP contribution in [0.3, 0.4) is 0 Å². The molecule has 0 radical (unpaired) electrons. The standard InChI is InChI=1S/C19H36N4O2/c1-18(2)15(14-7-6-10-25-16(14)18)22-17(20-3)21-13-19(23(4)5)8-11-24-12-9-19/h14-16H,6-13H2,1-5H3,(H2,20,21,22). The summed E-state index contributed by atoms with van der Waals surface area (Å²) in [6.07, 6.45) is 4.92. The zero-order valence-electron chi connectivity index (χ0n) is 16.6. The summed E-state index contributed by atoms with van der Waals surface area (Å²) in [5.41, 5.74) is 0.294. The van der Waals surface area contributed by atoms with Gasteiger partial charge in [0, 0.05) is 56.3 Å². The fraction of sp³-hybridized carbons (Fsp3) is 0.947. The first-order chi connectivity index (χ1) is 11.9. The van der Waals surface area contributed by atoms with Gasteiger partial charge in [0.25, 0.3) is 0 Å². The second kappa shape index (κ2) is 7.41. The highest BCUT2D eigenvalue weighted by molar-refractivity contribution is 5.80. The second-order valence-corrected chi connectivity index (χ2v) is 8.70. The minimum absolute atomic E-state index is 0.140. The third kappa shape index (κ3) is 3.53. The maximum atomic E-state index is 6.02. The first-order valence-corrected chi connectivity index (χ1v) is 9.75. The van der Waals surface area contributed by atoms with Crippen LogP contribution in [0.15, 0.2) is 4.99 Å². The molecule has 1 saturated carbocycles. The summed E-state index contributed by atoms with van der Waals surface area (Å²) in [7, 11) is 6.20. The van der Waals surface area contributed by atoms with Crippen molar-refractivity contribution in [3.8, 4) is 0 Å². The van der Waals surface area contributed by atoms with Gasteiger partial charge in [0.2, 0.25) is 0 Å². The molecule has 2 aliphatic heterocycles. The summed E-state index contributed by atoms with van der Waals surface area (Å²) in [4.78, 5) is 6.83. The fourth-order valence-corrected chi connectivity index (χ4v) is 4.94. The van der Waals surface area contributed by atoms with Crippen molar-refractivity contribution >= 4 is 5.96 Å². The van der Waals surface area contributed by atoms with Crippen molar-refractivity contribution < 1.29 is 9.47 Å². The van der Waals surface area contributed by atoms with E-state index in [9.17, 15) is 0 Å². The van der Waals surface area contributed by atoms with Gasteiger partial charge in [0.1, 0.15) is 0 Å². The molecular formula is C19H36N4O2. The van der Waals surface area contributed by atoms with Crippen LogP contribution >= 0.6 is 0 Å². The van der Waals surface area contributed by atoms with Crippen LogP contribution in [0.5, 0.6) is 0 Å². The zero-order chi connectivity index (χ0) is 18.1. The molecule has 3 atom stereocenters. The Balaban J connectivity index is 1.59. The van der Waals surface area contributed by atoms with Crippen LogP contribution in [0.1, 0.15) is 39.5 Å². The molecule has 6 nitrogen and oxygen atoms in total. The Morgan fingerprint density at radius 2 is 1.92 bits per heavy atom. The topological polar surface area (TPSA) is 58.1 Å². The number of likely N-dealkylation sites (N-methyl/N-ethyl adjacent to an activating group) is 1. The molecular weight excluding hydrogens is 316 g/mol. The van der Waals surface area contributed by atoms with E-state index in [2.05, 4.69) is 48.5 Å². The van der Waals surface area contributed by atoms with E-state index >= 15 is 0 Å². The van der Waals surface area contributed by atoms with Crippen molar-refractivity contribution in [3.05, 3.63) is 0 Å². The van der Waals surface area contributed by atoms with Gasteiger partial charge in [-0.3, -0.25) is 4.99 Å². The molecule has 1 aliphatic carbocycles.